The Bertz CT molecular complexity index is 1160. The zero-order chi connectivity index (χ0) is 23.0. The summed E-state index contributed by atoms with van der Waals surface area (Å²) >= 11 is 2.76. The zero-order valence-electron chi connectivity index (χ0n) is 18.2. The lowest BCUT2D eigenvalue weighted by Crippen LogP contribution is -2.24. The van der Waals surface area contributed by atoms with Crippen molar-refractivity contribution in [3.05, 3.63) is 65.5 Å². The summed E-state index contributed by atoms with van der Waals surface area (Å²) in [4.78, 5) is 26.0. The van der Waals surface area contributed by atoms with Crippen molar-refractivity contribution in [1.29, 1.82) is 5.26 Å². The minimum Gasteiger partial charge on any atom is -0.326 e. The van der Waals surface area contributed by atoms with Gasteiger partial charge in [-0.15, -0.1) is 23.1 Å². The first kappa shape index (κ1) is 23.1. The van der Waals surface area contributed by atoms with E-state index in [4.69, 9.17) is 0 Å². The van der Waals surface area contributed by atoms with Gasteiger partial charge in [-0.3, -0.25) is 9.59 Å². The van der Waals surface area contributed by atoms with E-state index in [1.807, 2.05) is 60.0 Å². The molecule has 1 saturated carbocycles. The van der Waals surface area contributed by atoms with E-state index in [2.05, 4.69) is 16.7 Å². The van der Waals surface area contributed by atoms with E-state index in [1.165, 1.54) is 29.5 Å². The Kier molecular flexibility index (Phi) is 7.82. The Morgan fingerprint density at radius 2 is 1.82 bits per heavy atom. The van der Waals surface area contributed by atoms with Crippen molar-refractivity contribution in [3.8, 4) is 17.2 Å². The maximum Gasteiger partial charge on any atom is 0.235 e. The quantitative estimate of drug-likeness (QED) is 0.380. The first-order valence-electron chi connectivity index (χ1n) is 11.0. The summed E-state index contributed by atoms with van der Waals surface area (Å²) in [6.45, 7) is 0. The first-order chi connectivity index (χ1) is 16.1. The minimum atomic E-state index is -0.172. The largest absolute Gasteiger partial charge is 0.326 e. The van der Waals surface area contributed by atoms with Gasteiger partial charge in [-0.25, -0.2) is 0 Å². The van der Waals surface area contributed by atoms with Gasteiger partial charge in [-0.05, 0) is 36.6 Å². The predicted octanol–water partition coefficient (Wildman–Crippen LogP) is 6.54. The molecule has 0 spiro atoms. The second-order valence-electron chi connectivity index (χ2n) is 8.02. The van der Waals surface area contributed by atoms with Crippen molar-refractivity contribution < 1.29 is 9.59 Å². The van der Waals surface area contributed by atoms with E-state index >= 15 is 0 Å². The van der Waals surface area contributed by atoms with Crippen molar-refractivity contribution in [2.45, 2.75) is 37.0 Å². The minimum absolute atomic E-state index is 0.0885. The normalized spacial score (nSPS) is 13.8. The SMILES string of the molecule is N#Cc1c(-c2ccccc2)csc1NC(=O)CSc1cccc(NC(=O)C2CCCCC2)c1. The second-order valence-corrected chi connectivity index (χ2v) is 9.95. The molecule has 5 nitrogen and oxygen atoms in total. The molecule has 3 aromatic rings. The number of hydrogen-bond donors (Lipinski definition) is 2. The maximum atomic E-state index is 12.6. The molecular weight excluding hydrogens is 450 g/mol. The van der Waals surface area contributed by atoms with Crippen LogP contribution >= 0.6 is 23.1 Å². The van der Waals surface area contributed by atoms with Gasteiger partial charge in [0.25, 0.3) is 0 Å². The molecule has 4 rings (SSSR count). The highest BCUT2D eigenvalue weighted by molar-refractivity contribution is 8.00. The smallest absolute Gasteiger partial charge is 0.235 e. The Morgan fingerprint density at radius 3 is 2.58 bits per heavy atom. The van der Waals surface area contributed by atoms with Crippen molar-refractivity contribution in [2.75, 3.05) is 16.4 Å². The van der Waals surface area contributed by atoms with E-state index in [0.717, 1.165) is 47.4 Å². The zero-order valence-corrected chi connectivity index (χ0v) is 19.8. The number of thiophene rings is 1. The van der Waals surface area contributed by atoms with Gasteiger partial charge >= 0.3 is 0 Å². The average molecular weight is 476 g/mol. The lowest BCUT2D eigenvalue weighted by molar-refractivity contribution is -0.120. The summed E-state index contributed by atoms with van der Waals surface area (Å²) < 4.78 is 0. The number of nitriles is 1. The summed E-state index contributed by atoms with van der Waals surface area (Å²) in [6, 6.07) is 19.5. The van der Waals surface area contributed by atoms with Gasteiger partial charge < -0.3 is 10.6 Å². The molecule has 2 aromatic carbocycles. The third kappa shape index (κ3) is 6.04. The van der Waals surface area contributed by atoms with Crippen LogP contribution in [0.3, 0.4) is 0 Å². The summed E-state index contributed by atoms with van der Waals surface area (Å²) in [5.74, 6) is 0.227. The number of hydrogen-bond acceptors (Lipinski definition) is 5. The van der Waals surface area contributed by atoms with Crippen LogP contribution in [-0.2, 0) is 9.59 Å². The lowest BCUT2D eigenvalue weighted by Gasteiger charge is -2.20. The van der Waals surface area contributed by atoms with E-state index in [9.17, 15) is 14.9 Å². The number of amides is 2. The first-order valence-corrected chi connectivity index (χ1v) is 12.9. The highest BCUT2D eigenvalue weighted by Gasteiger charge is 2.21. The molecule has 1 aliphatic carbocycles. The van der Waals surface area contributed by atoms with Crippen LogP contribution in [0.25, 0.3) is 11.1 Å². The highest BCUT2D eigenvalue weighted by atomic mass is 32.2. The van der Waals surface area contributed by atoms with Gasteiger partial charge in [0.15, 0.2) is 0 Å². The number of carbonyl (C=O) groups is 2. The van der Waals surface area contributed by atoms with Crippen LogP contribution in [0.4, 0.5) is 10.7 Å². The maximum absolute atomic E-state index is 12.6. The third-order valence-corrected chi connectivity index (χ3v) is 7.58. The number of benzene rings is 2. The van der Waals surface area contributed by atoms with Crippen LogP contribution in [0, 0.1) is 17.2 Å². The van der Waals surface area contributed by atoms with Crippen LogP contribution in [0.1, 0.15) is 37.7 Å². The molecule has 0 aliphatic heterocycles. The molecule has 0 radical (unpaired) electrons. The standard InChI is InChI=1S/C26H25N3O2S2/c27-15-22-23(18-8-3-1-4-9-18)16-33-26(22)29-24(30)17-32-21-13-7-12-20(14-21)28-25(31)19-10-5-2-6-11-19/h1,3-4,7-9,12-14,16,19H,2,5-6,10-11,17H2,(H,28,31)(H,29,30). The third-order valence-electron chi connectivity index (χ3n) is 5.69. The Balaban J connectivity index is 1.34. The Hall–Kier alpha value is -3.08. The molecule has 0 bridgehead atoms. The van der Waals surface area contributed by atoms with Gasteiger partial charge in [0.1, 0.15) is 11.1 Å². The number of anilines is 2. The van der Waals surface area contributed by atoms with Crippen molar-refractivity contribution in [3.63, 3.8) is 0 Å². The highest BCUT2D eigenvalue weighted by Crippen LogP contribution is 2.35. The summed E-state index contributed by atoms with van der Waals surface area (Å²) in [6.07, 6.45) is 5.37. The molecule has 1 fully saturated rings. The number of carbonyl (C=O) groups excluding carboxylic acids is 2. The van der Waals surface area contributed by atoms with Crippen LogP contribution in [0.2, 0.25) is 0 Å². The van der Waals surface area contributed by atoms with Crippen molar-refractivity contribution in [1.82, 2.24) is 0 Å². The topological polar surface area (TPSA) is 82.0 Å². The molecule has 0 unspecified atom stereocenters. The molecule has 33 heavy (non-hydrogen) atoms. The van der Waals surface area contributed by atoms with E-state index < -0.39 is 0 Å². The number of rotatable bonds is 7. The van der Waals surface area contributed by atoms with E-state index in [-0.39, 0.29) is 23.5 Å². The van der Waals surface area contributed by atoms with Crippen molar-refractivity contribution in [2.24, 2.45) is 5.92 Å². The van der Waals surface area contributed by atoms with Crippen LogP contribution in [0.15, 0.2) is 64.9 Å². The Morgan fingerprint density at radius 1 is 1.03 bits per heavy atom. The molecule has 0 atom stereocenters. The van der Waals surface area contributed by atoms with Gasteiger partial charge in [-0.1, -0.05) is 55.7 Å². The Labute approximate surface area is 202 Å². The molecule has 7 heteroatoms. The average Bonchev–Trinajstić information content (AvgIpc) is 3.26. The van der Waals surface area contributed by atoms with Gasteiger partial charge in [0, 0.05) is 27.4 Å². The van der Waals surface area contributed by atoms with Crippen LogP contribution < -0.4 is 10.6 Å². The van der Waals surface area contributed by atoms with E-state index in [1.54, 1.807) is 0 Å². The number of thioether (sulfide) groups is 1. The molecule has 2 amide bonds. The van der Waals surface area contributed by atoms with Gasteiger partial charge in [-0.2, -0.15) is 5.26 Å². The summed E-state index contributed by atoms with van der Waals surface area (Å²) in [5, 5.41) is 18.0. The van der Waals surface area contributed by atoms with Crippen LogP contribution in [-0.4, -0.2) is 17.6 Å². The lowest BCUT2D eigenvalue weighted by atomic mass is 9.88. The van der Waals surface area contributed by atoms with Gasteiger partial charge in [0.05, 0.1) is 11.3 Å². The summed E-state index contributed by atoms with van der Waals surface area (Å²) in [7, 11) is 0. The second kappa shape index (κ2) is 11.2. The fraction of sp³-hybridized carbons (Fsp3) is 0.269. The van der Waals surface area contributed by atoms with Crippen molar-refractivity contribution >= 4 is 45.6 Å². The number of nitrogens with one attached hydrogen (secondary N) is 2. The molecule has 2 N–H and O–H groups in total. The molecule has 0 saturated heterocycles. The molecule has 1 heterocycles. The molecule has 168 valence electrons. The van der Waals surface area contributed by atoms with Crippen LogP contribution in [0.5, 0.6) is 0 Å². The van der Waals surface area contributed by atoms with E-state index in [0.29, 0.717) is 10.6 Å². The number of nitrogens with zero attached hydrogens (tertiary/aromatic N) is 1. The molecular formula is C26H25N3O2S2. The fourth-order valence-corrected chi connectivity index (χ4v) is 5.67. The predicted molar refractivity (Wildman–Crippen MR) is 135 cm³/mol. The monoisotopic (exact) mass is 475 g/mol. The fourth-order valence-electron chi connectivity index (χ4n) is 3.98. The molecule has 1 aliphatic rings. The van der Waals surface area contributed by atoms with Gasteiger partial charge in [0.2, 0.25) is 11.8 Å². The molecule has 1 aromatic heterocycles. The summed E-state index contributed by atoms with van der Waals surface area (Å²) in [5.41, 5.74) is 3.02.